The Morgan fingerprint density at radius 1 is 1.17 bits per heavy atom. The van der Waals surface area contributed by atoms with E-state index in [9.17, 15) is 9.59 Å². The lowest BCUT2D eigenvalue weighted by atomic mass is 10.1. The number of benzene rings is 2. The number of hydrogen-bond donors (Lipinski definition) is 1. The number of rotatable bonds is 3. The van der Waals surface area contributed by atoms with Gasteiger partial charge in [-0.25, -0.2) is 4.68 Å². The Balaban J connectivity index is 2.13. The lowest BCUT2D eigenvalue weighted by molar-refractivity contribution is 0.0957. The third kappa shape index (κ3) is 2.75. The molecule has 1 N–H and O–H groups in total. The lowest BCUT2D eigenvalue weighted by Crippen LogP contribution is -2.29. The van der Waals surface area contributed by atoms with Crippen molar-refractivity contribution in [3.05, 3.63) is 75.7 Å². The van der Waals surface area contributed by atoms with Gasteiger partial charge < -0.3 is 5.32 Å². The molecule has 1 heterocycles. The second-order valence-electron chi connectivity index (χ2n) is 5.24. The van der Waals surface area contributed by atoms with Crippen molar-refractivity contribution in [1.82, 2.24) is 15.1 Å². The van der Waals surface area contributed by atoms with Gasteiger partial charge in [0.05, 0.1) is 23.6 Å². The molecule has 0 radical (unpaired) electrons. The standard InChI is InChI=1S/C18H14N4O2/c1-20-17(23)16-14-4-2-3-5-15(14)18(24)22(21-16)11-13-8-6-12(10-19)7-9-13/h2-9H,11H2,1H3,(H,20,23). The molecule has 0 bridgehead atoms. The highest BCUT2D eigenvalue weighted by Gasteiger charge is 2.15. The average Bonchev–Trinajstić information content (AvgIpc) is 2.64. The molecule has 0 spiro atoms. The fourth-order valence-corrected chi connectivity index (χ4v) is 2.49. The number of carbonyl (C=O) groups is 1. The van der Waals surface area contributed by atoms with Gasteiger partial charge in [-0.05, 0) is 23.8 Å². The summed E-state index contributed by atoms with van der Waals surface area (Å²) < 4.78 is 1.27. The number of aromatic nitrogens is 2. The monoisotopic (exact) mass is 318 g/mol. The highest BCUT2D eigenvalue weighted by molar-refractivity contribution is 6.04. The number of nitrogens with zero attached hydrogens (tertiary/aromatic N) is 3. The van der Waals surface area contributed by atoms with E-state index >= 15 is 0 Å². The van der Waals surface area contributed by atoms with Crippen LogP contribution >= 0.6 is 0 Å². The van der Waals surface area contributed by atoms with Crippen LogP contribution in [0, 0.1) is 11.3 Å². The highest BCUT2D eigenvalue weighted by atomic mass is 16.2. The normalized spacial score (nSPS) is 10.3. The molecule has 6 heteroatoms. The van der Waals surface area contributed by atoms with Crippen LogP contribution in [0.25, 0.3) is 10.8 Å². The molecule has 0 aliphatic carbocycles. The van der Waals surface area contributed by atoms with Gasteiger partial charge in [-0.1, -0.05) is 30.3 Å². The number of nitriles is 1. The van der Waals surface area contributed by atoms with E-state index in [4.69, 9.17) is 5.26 Å². The van der Waals surface area contributed by atoms with Crippen LogP contribution in [-0.4, -0.2) is 22.7 Å². The molecule has 2 aromatic carbocycles. The Labute approximate surface area is 138 Å². The second kappa shape index (κ2) is 6.34. The first-order chi connectivity index (χ1) is 11.6. The zero-order valence-electron chi connectivity index (χ0n) is 13.0. The van der Waals surface area contributed by atoms with E-state index in [1.807, 2.05) is 6.07 Å². The van der Waals surface area contributed by atoms with Gasteiger partial charge >= 0.3 is 0 Å². The van der Waals surface area contributed by atoms with Gasteiger partial charge in [-0.15, -0.1) is 0 Å². The molecule has 6 nitrogen and oxygen atoms in total. The number of carbonyl (C=O) groups excluding carboxylic acids is 1. The minimum absolute atomic E-state index is 0.210. The summed E-state index contributed by atoms with van der Waals surface area (Å²) in [5, 5.41) is 16.6. The SMILES string of the molecule is CNC(=O)c1nn(Cc2ccc(C#N)cc2)c(=O)c2ccccc12. The van der Waals surface area contributed by atoms with Crippen LogP contribution in [0.2, 0.25) is 0 Å². The first-order valence-electron chi connectivity index (χ1n) is 7.35. The molecule has 0 unspecified atom stereocenters. The largest absolute Gasteiger partial charge is 0.354 e. The third-order valence-corrected chi connectivity index (χ3v) is 3.73. The van der Waals surface area contributed by atoms with E-state index in [0.29, 0.717) is 16.3 Å². The molecule has 0 saturated heterocycles. The van der Waals surface area contributed by atoms with Crippen molar-refractivity contribution in [2.24, 2.45) is 0 Å². The van der Waals surface area contributed by atoms with E-state index in [0.717, 1.165) is 5.56 Å². The van der Waals surface area contributed by atoms with Crippen molar-refractivity contribution >= 4 is 16.7 Å². The molecule has 0 aliphatic rings. The van der Waals surface area contributed by atoms with Crippen LogP contribution in [-0.2, 0) is 6.54 Å². The summed E-state index contributed by atoms with van der Waals surface area (Å²) in [6.45, 7) is 0.222. The maximum Gasteiger partial charge on any atom is 0.274 e. The minimum atomic E-state index is -0.347. The van der Waals surface area contributed by atoms with E-state index in [1.165, 1.54) is 11.7 Å². The fraction of sp³-hybridized carbons (Fsp3) is 0.111. The van der Waals surface area contributed by atoms with Gasteiger partial charge in [0.25, 0.3) is 11.5 Å². The average molecular weight is 318 g/mol. The molecule has 0 atom stereocenters. The quantitative estimate of drug-likeness (QED) is 0.796. The zero-order valence-corrected chi connectivity index (χ0v) is 13.0. The van der Waals surface area contributed by atoms with E-state index in [1.54, 1.807) is 48.5 Å². The molecular weight excluding hydrogens is 304 g/mol. The molecule has 24 heavy (non-hydrogen) atoms. The Morgan fingerprint density at radius 3 is 2.46 bits per heavy atom. The molecule has 3 aromatic rings. The van der Waals surface area contributed by atoms with E-state index in [2.05, 4.69) is 10.4 Å². The molecule has 0 saturated carbocycles. The van der Waals surface area contributed by atoms with Gasteiger partial charge in [0, 0.05) is 12.4 Å². The van der Waals surface area contributed by atoms with E-state index in [-0.39, 0.29) is 23.7 Å². The summed E-state index contributed by atoms with van der Waals surface area (Å²) in [6.07, 6.45) is 0. The number of amides is 1. The van der Waals surface area contributed by atoms with Gasteiger partial charge in [-0.2, -0.15) is 10.4 Å². The van der Waals surface area contributed by atoms with Crippen LogP contribution in [0.3, 0.4) is 0 Å². The van der Waals surface area contributed by atoms with Crippen molar-refractivity contribution in [2.45, 2.75) is 6.54 Å². The Morgan fingerprint density at radius 2 is 1.83 bits per heavy atom. The summed E-state index contributed by atoms with van der Waals surface area (Å²) in [5.41, 5.74) is 1.31. The summed E-state index contributed by atoms with van der Waals surface area (Å²) in [6, 6.07) is 15.9. The fourth-order valence-electron chi connectivity index (χ4n) is 2.49. The highest BCUT2D eigenvalue weighted by Crippen LogP contribution is 2.14. The van der Waals surface area contributed by atoms with Crippen LogP contribution in [0.15, 0.2) is 53.3 Å². The van der Waals surface area contributed by atoms with Crippen LogP contribution in [0.5, 0.6) is 0 Å². The first-order valence-corrected chi connectivity index (χ1v) is 7.35. The second-order valence-corrected chi connectivity index (χ2v) is 5.24. The topological polar surface area (TPSA) is 87.8 Å². The molecule has 0 fully saturated rings. The maximum atomic E-state index is 12.6. The van der Waals surface area contributed by atoms with Crippen molar-refractivity contribution in [2.75, 3.05) is 7.05 Å². The Bertz CT molecular complexity index is 1010. The number of hydrogen-bond acceptors (Lipinski definition) is 4. The third-order valence-electron chi connectivity index (χ3n) is 3.73. The maximum absolute atomic E-state index is 12.6. The van der Waals surface area contributed by atoms with Gasteiger partial charge in [-0.3, -0.25) is 9.59 Å². The van der Waals surface area contributed by atoms with Crippen LogP contribution in [0.4, 0.5) is 0 Å². The Hall–Kier alpha value is -3.46. The van der Waals surface area contributed by atoms with Crippen molar-refractivity contribution in [1.29, 1.82) is 5.26 Å². The van der Waals surface area contributed by atoms with Gasteiger partial charge in [0.1, 0.15) is 0 Å². The van der Waals surface area contributed by atoms with Crippen molar-refractivity contribution in [3.63, 3.8) is 0 Å². The lowest BCUT2D eigenvalue weighted by Gasteiger charge is -2.10. The zero-order chi connectivity index (χ0) is 17.1. The minimum Gasteiger partial charge on any atom is -0.354 e. The molecular formula is C18H14N4O2. The molecule has 1 aromatic heterocycles. The number of fused-ring (bicyclic) bond motifs is 1. The number of nitrogens with one attached hydrogen (secondary N) is 1. The van der Waals surface area contributed by atoms with Gasteiger partial charge in [0.2, 0.25) is 0 Å². The summed E-state index contributed by atoms with van der Waals surface area (Å²) in [7, 11) is 1.52. The van der Waals surface area contributed by atoms with E-state index < -0.39 is 0 Å². The molecule has 118 valence electrons. The Kier molecular flexibility index (Phi) is 4.08. The molecule has 1 amide bonds. The van der Waals surface area contributed by atoms with Crippen molar-refractivity contribution in [3.8, 4) is 6.07 Å². The van der Waals surface area contributed by atoms with Crippen molar-refractivity contribution < 1.29 is 4.79 Å². The summed E-state index contributed by atoms with van der Waals surface area (Å²) in [5.74, 6) is -0.347. The van der Waals surface area contributed by atoms with Gasteiger partial charge in [0.15, 0.2) is 5.69 Å². The van der Waals surface area contributed by atoms with Crippen LogP contribution < -0.4 is 10.9 Å². The predicted octanol–water partition coefficient (Wildman–Crippen LogP) is 1.68. The summed E-state index contributed by atoms with van der Waals surface area (Å²) in [4.78, 5) is 24.7. The van der Waals surface area contributed by atoms with Crippen LogP contribution in [0.1, 0.15) is 21.6 Å². The predicted molar refractivity (Wildman–Crippen MR) is 89.7 cm³/mol. The first kappa shape index (κ1) is 15.4. The molecule has 3 rings (SSSR count). The molecule has 0 aliphatic heterocycles. The smallest absolute Gasteiger partial charge is 0.274 e. The summed E-state index contributed by atoms with van der Waals surface area (Å²) >= 11 is 0.